The van der Waals surface area contributed by atoms with E-state index < -0.39 is 0 Å². The molecule has 0 unspecified atom stereocenters. The van der Waals surface area contributed by atoms with Crippen LogP contribution in [0.25, 0.3) is 11.3 Å². The first-order chi connectivity index (χ1) is 8.70. The molecule has 0 aliphatic carbocycles. The van der Waals surface area contributed by atoms with E-state index in [9.17, 15) is 4.39 Å². The molecular formula is C14H17FN2O. The largest absolute Gasteiger partial charge is 0.441 e. The van der Waals surface area contributed by atoms with E-state index in [1.54, 1.807) is 12.3 Å². The van der Waals surface area contributed by atoms with E-state index >= 15 is 0 Å². The summed E-state index contributed by atoms with van der Waals surface area (Å²) < 4.78 is 18.7. The maximum absolute atomic E-state index is 13.0. The predicted octanol–water partition coefficient (Wildman–Crippen LogP) is 2.94. The van der Waals surface area contributed by atoms with Gasteiger partial charge in [0.25, 0.3) is 0 Å². The van der Waals surface area contributed by atoms with Gasteiger partial charge >= 0.3 is 0 Å². The van der Waals surface area contributed by atoms with E-state index in [-0.39, 0.29) is 5.82 Å². The zero-order valence-corrected chi connectivity index (χ0v) is 10.7. The van der Waals surface area contributed by atoms with Crippen molar-refractivity contribution in [3.63, 3.8) is 0 Å². The summed E-state index contributed by atoms with van der Waals surface area (Å²) in [6, 6.07) is 4.65. The third kappa shape index (κ3) is 2.96. The number of benzene rings is 1. The number of oxazole rings is 1. The lowest BCUT2D eigenvalue weighted by molar-refractivity contribution is 0.497. The van der Waals surface area contributed by atoms with E-state index in [1.807, 2.05) is 6.92 Å². The molecule has 1 heterocycles. The van der Waals surface area contributed by atoms with Gasteiger partial charge in [-0.2, -0.15) is 0 Å². The van der Waals surface area contributed by atoms with E-state index in [1.165, 1.54) is 12.1 Å². The first-order valence-corrected chi connectivity index (χ1v) is 6.12. The molecule has 0 atom stereocenters. The van der Waals surface area contributed by atoms with Crippen LogP contribution in [0.3, 0.4) is 0 Å². The smallest absolute Gasteiger partial charge is 0.196 e. The molecule has 0 radical (unpaired) electrons. The Balaban J connectivity index is 2.13. The number of rotatable bonds is 5. The lowest BCUT2D eigenvalue weighted by atomic mass is 10.1. The van der Waals surface area contributed by atoms with Crippen LogP contribution in [0.5, 0.6) is 0 Å². The SMILES string of the molecule is CCNCCc1ncc(-c2ccc(F)cc2C)o1. The fourth-order valence-electron chi connectivity index (χ4n) is 1.83. The van der Waals surface area contributed by atoms with Crippen molar-refractivity contribution in [2.24, 2.45) is 0 Å². The van der Waals surface area contributed by atoms with E-state index in [4.69, 9.17) is 4.42 Å². The van der Waals surface area contributed by atoms with Crippen molar-refractivity contribution in [2.75, 3.05) is 13.1 Å². The van der Waals surface area contributed by atoms with Crippen LogP contribution in [-0.2, 0) is 6.42 Å². The fraction of sp³-hybridized carbons (Fsp3) is 0.357. The maximum Gasteiger partial charge on any atom is 0.196 e. The third-order valence-electron chi connectivity index (χ3n) is 2.77. The fourth-order valence-corrected chi connectivity index (χ4v) is 1.83. The average molecular weight is 248 g/mol. The van der Waals surface area contributed by atoms with Crippen molar-refractivity contribution < 1.29 is 8.81 Å². The summed E-state index contributed by atoms with van der Waals surface area (Å²) in [6.45, 7) is 5.70. The number of hydrogen-bond acceptors (Lipinski definition) is 3. The minimum absolute atomic E-state index is 0.233. The summed E-state index contributed by atoms with van der Waals surface area (Å²) in [4.78, 5) is 4.23. The van der Waals surface area contributed by atoms with Crippen LogP contribution in [0.4, 0.5) is 4.39 Å². The van der Waals surface area contributed by atoms with Gasteiger partial charge in [0.15, 0.2) is 11.7 Å². The van der Waals surface area contributed by atoms with Gasteiger partial charge in [0.05, 0.1) is 6.20 Å². The number of hydrogen-bond donors (Lipinski definition) is 1. The second kappa shape index (κ2) is 5.78. The Labute approximate surface area is 106 Å². The minimum Gasteiger partial charge on any atom is -0.441 e. The zero-order chi connectivity index (χ0) is 13.0. The zero-order valence-electron chi connectivity index (χ0n) is 10.7. The Morgan fingerprint density at radius 2 is 2.22 bits per heavy atom. The highest BCUT2D eigenvalue weighted by molar-refractivity contribution is 5.60. The Morgan fingerprint density at radius 1 is 1.39 bits per heavy atom. The Morgan fingerprint density at radius 3 is 2.94 bits per heavy atom. The van der Waals surface area contributed by atoms with Crippen molar-refractivity contribution in [2.45, 2.75) is 20.3 Å². The highest BCUT2D eigenvalue weighted by Gasteiger charge is 2.09. The van der Waals surface area contributed by atoms with Crippen LogP contribution in [0.2, 0.25) is 0 Å². The number of aromatic nitrogens is 1. The van der Waals surface area contributed by atoms with Gasteiger partial charge in [0, 0.05) is 18.5 Å². The minimum atomic E-state index is -0.233. The summed E-state index contributed by atoms with van der Waals surface area (Å²) in [5, 5.41) is 3.22. The van der Waals surface area contributed by atoms with Crippen LogP contribution in [0.15, 0.2) is 28.8 Å². The molecule has 0 saturated carbocycles. The van der Waals surface area contributed by atoms with Gasteiger partial charge in [-0.1, -0.05) is 6.92 Å². The molecule has 0 saturated heterocycles. The number of nitrogens with one attached hydrogen (secondary N) is 1. The quantitative estimate of drug-likeness (QED) is 0.827. The van der Waals surface area contributed by atoms with Gasteiger partial charge in [-0.25, -0.2) is 9.37 Å². The highest BCUT2D eigenvalue weighted by atomic mass is 19.1. The van der Waals surface area contributed by atoms with Crippen molar-refractivity contribution >= 4 is 0 Å². The summed E-state index contributed by atoms with van der Waals surface area (Å²) in [5.41, 5.74) is 1.74. The molecule has 2 rings (SSSR count). The van der Waals surface area contributed by atoms with Gasteiger partial charge < -0.3 is 9.73 Å². The Kier molecular flexibility index (Phi) is 4.10. The van der Waals surface area contributed by atoms with Crippen LogP contribution in [0.1, 0.15) is 18.4 Å². The molecule has 0 aliphatic rings. The van der Waals surface area contributed by atoms with E-state index in [0.29, 0.717) is 11.7 Å². The van der Waals surface area contributed by atoms with Crippen molar-refractivity contribution in [1.29, 1.82) is 0 Å². The van der Waals surface area contributed by atoms with Crippen molar-refractivity contribution in [1.82, 2.24) is 10.3 Å². The summed E-state index contributed by atoms with van der Waals surface area (Å²) in [5.74, 6) is 1.16. The lowest BCUT2D eigenvalue weighted by Gasteiger charge is -2.01. The molecule has 0 amide bonds. The van der Waals surface area contributed by atoms with E-state index in [0.717, 1.165) is 30.6 Å². The van der Waals surface area contributed by atoms with Crippen LogP contribution >= 0.6 is 0 Å². The predicted molar refractivity (Wildman–Crippen MR) is 68.9 cm³/mol. The number of nitrogens with zero attached hydrogens (tertiary/aromatic N) is 1. The first kappa shape index (κ1) is 12.8. The summed E-state index contributed by atoms with van der Waals surface area (Å²) in [6.07, 6.45) is 2.45. The molecule has 0 fully saturated rings. The highest BCUT2D eigenvalue weighted by Crippen LogP contribution is 2.24. The Bertz CT molecular complexity index is 522. The molecule has 0 bridgehead atoms. The number of halogens is 1. The molecule has 0 aliphatic heterocycles. The first-order valence-electron chi connectivity index (χ1n) is 6.12. The van der Waals surface area contributed by atoms with Gasteiger partial charge in [-0.15, -0.1) is 0 Å². The van der Waals surface area contributed by atoms with Crippen molar-refractivity contribution in [3.8, 4) is 11.3 Å². The summed E-state index contributed by atoms with van der Waals surface area (Å²) >= 11 is 0. The van der Waals surface area contributed by atoms with Crippen LogP contribution in [0, 0.1) is 12.7 Å². The van der Waals surface area contributed by atoms with E-state index in [2.05, 4.69) is 17.2 Å². The molecule has 96 valence electrons. The molecule has 3 nitrogen and oxygen atoms in total. The topological polar surface area (TPSA) is 38.1 Å². The second-order valence-corrected chi connectivity index (χ2v) is 4.18. The molecule has 1 aromatic carbocycles. The van der Waals surface area contributed by atoms with Gasteiger partial charge in [0.2, 0.25) is 0 Å². The maximum atomic E-state index is 13.0. The second-order valence-electron chi connectivity index (χ2n) is 4.18. The molecule has 0 spiro atoms. The van der Waals surface area contributed by atoms with Crippen molar-refractivity contribution in [3.05, 3.63) is 41.7 Å². The van der Waals surface area contributed by atoms with Crippen LogP contribution in [-0.4, -0.2) is 18.1 Å². The molecule has 1 N–H and O–H groups in total. The standard InChI is InChI=1S/C14H17FN2O/c1-3-16-7-6-14-17-9-13(18-14)12-5-4-11(15)8-10(12)2/h4-5,8-9,16H,3,6-7H2,1-2H3. The molecule has 2 aromatic rings. The molecule has 18 heavy (non-hydrogen) atoms. The number of likely N-dealkylation sites (N-methyl/N-ethyl adjacent to an activating group) is 1. The molecule has 4 heteroatoms. The summed E-state index contributed by atoms with van der Waals surface area (Å²) in [7, 11) is 0. The average Bonchev–Trinajstić information content (AvgIpc) is 2.78. The monoisotopic (exact) mass is 248 g/mol. The van der Waals surface area contributed by atoms with Gasteiger partial charge in [-0.3, -0.25) is 0 Å². The number of aryl methyl sites for hydroxylation is 1. The molecule has 1 aromatic heterocycles. The lowest BCUT2D eigenvalue weighted by Crippen LogP contribution is -2.16. The van der Waals surface area contributed by atoms with Gasteiger partial charge in [-0.05, 0) is 37.2 Å². The third-order valence-corrected chi connectivity index (χ3v) is 2.77. The van der Waals surface area contributed by atoms with Crippen LogP contribution < -0.4 is 5.32 Å². The Hall–Kier alpha value is -1.68. The molecular weight excluding hydrogens is 231 g/mol. The normalized spacial score (nSPS) is 10.8. The van der Waals surface area contributed by atoms with Gasteiger partial charge in [0.1, 0.15) is 5.82 Å².